The number of hydrogen-bond donors (Lipinski definition) is 1. The van der Waals surface area contributed by atoms with Gasteiger partial charge in [0.1, 0.15) is 11.8 Å². The molecule has 0 spiro atoms. The monoisotopic (exact) mass is 351 g/mol. The predicted octanol–water partition coefficient (Wildman–Crippen LogP) is 2.32. The molecule has 1 saturated carbocycles. The normalized spacial score (nSPS) is 18.4. The van der Waals surface area contributed by atoms with Gasteiger partial charge in [-0.05, 0) is 37.7 Å². The third-order valence-electron chi connectivity index (χ3n) is 5.24. The van der Waals surface area contributed by atoms with Crippen LogP contribution in [-0.2, 0) is 0 Å². The van der Waals surface area contributed by atoms with Gasteiger partial charge in [0.2, 0.25) is 5.88 Å². The SMILES string of the molecule is c1nc(N2CCC(COc3ccc(C4CC4)nn3)CC2)c2[nH]cnc2n1. The lowest BCUT2D eigenvalue weighted by molar-refractivity contribution is 0.214. The fourth-order valence-corrected chi connectivity index (χ4v) is 3.51. The summed E-state index contributed by atoms with van der Waals surface area (Å²) < 4.78 is 5.87. The molecule has 1 saturated heterocycles. The first-order chi connectivity index (χ1) is 12.9. The molecule has 5 rings (SSSR count). The van der Waals surface area contributed by atoms with Crippen LogP contribution in [0.5, 0.6) is 5.88 Å². The van der Waals surface area contributed by atoms with Crippen LogP contribution in [0.4, 0.5) is 5.82 Å². The zero-order valence-corrected chi connectivity index (χ0v) is 14.5. The van der Waals surface area contributed by atoms with Crippen molar-refractivity contribution in [2.24, 2.45) is 5.92 Å². The maximum absolute atomic E-state index is 5.87. The quantitative estimate of drug-likeness (QED) is 0.754. The van der Waals surface area contributed by atoms with Gasteiger partial charge in [0.15, 0.2) is 11.5 Å². The molecule has 0 bridgehead atoms. The van der Waals surface area contributed by atoms with E-state index in [9.17, 15) is 0 Å². The predicted molar refractivity (Wildman–Crippen MR) is 96.1 cm³/mol. The van der Waals surface area contributed by atoms with Crippen molar-refractivity contribution in [2.45, 2.75) is 31.6 Å². The molecule has 0 aromatic carbocycles. The van der Waals surface area contributed by atoms with Gasteiger partial charge in [0, 0.05) is 25.1 Å². The van der Waals surface area contributed by atoms with Crippen LogP contribution in [0.15, 0.2) is 24.8 Å². The molecule has 26 heavy (non-hydrogen) atoms. The minimum atomic E-state index is 0.523. The highest BCUT2D eigenvalue weighted by molar-refractivity contribution is 5.82. The number of ether oxygens (including phenoxy) is 1. The van der Waals surface area contributed by atoms with Crippen LogP contribution in [0.3, 0.4) is 0 Å². The smallest absolute Gasteiger partial charge is 0.233 e. The Morgan fingerprint density at radius 3 is 2.69 bits per heavy atom. The molecule has 8 heteroatoms. The molecule has 0 radical (unpaired) electrons. The Hall–Kier alpha value is -2.77. The van der Waals surface area contributed by atoms with E-state index < -0.39 is 0 Å². The Labute approximate surface area is 151 Å². The minimum absolute atomic E-state index is 0.523. The van der Waals surface area contributed by atoms with Crippen molar-refractivity contribution < 1.29 is 4.74 Å². The molecule has 2 fully saturated rings. The Balaban J connectivity index is 1.16. The van der Waals surface area contributed by atoms with Crippen molar-refractivity contribution >= 4 is 17.0 Å². The maximum atomic E-state index is 5.87. The molecular weight excluding hydrogens is 330 g/mol. The molecule has 4 heterocycles. The summed E-state index contributed by atoms with van der Waals surface area (Å²) >= 11 is 0. The number of hydrogen-bond acceptors (Lipinski definition) is 7. The average molecular weight is 351 g/mol. The molecule has 134 valence electrons. The van der Waals surface area contributed by atoms with Crippen molar-refractivity contribution in [3.63, 3.8) is 0 Å². The number of fused-ring (bicyclic) bond motifs is 1. The van der Waals surface area contributed by atoms with E-state index in [1.807, 2.05) is 12.1 Å². The van der Waals surface area contributed by atoms with Gasteiger partial charge in [-0.3, -0.25) is 0 Å². The third-order valence-corrected chi connectivity index (χ3v) is 5.24. The van der Waals surface area contributed by atoms with Gasteiger partial charge in [-0.15, -0.1) is 5.10 Å². The lowest BCUT2D eigenvalue weighted by Gasteiger charge is -2.32. The number of anilines is 1. The zero-order valence-electron chi connectivity index (χ0n) is 14.5. The highest BCUT2D eigenvalue weighted by atomic mass is 16.5. The Bertz CT molecular complexity index is 882. The summed E-state index contributed by atoms with van der Waals surface area (Å²) in [4.78, 5) is 18.3. The van der Waals surface area contributed by atoms with Crippen molar-refractivity contribution in [3.8, 4) is 5.88 Å². The average Bonchev–Trinajstić information content (AvgIpc) is 3.43. The minimum Gasteiger partial charge on any atom is -0.476 e. The lowest BCUT2D eigenvalue weighted by Crippen LogP contribution is -2.36. The van der Waals surface area contributed by atoms with Crippen LogP contribution in [0.1, 0.15) is 37.3 Å². The molecule has 2 aliphatic rings. The Morgan fingerprint density at radius 1 is 1.04 bits per heavy atom. The van der Waals surface area contributed by atoms with Crippen molar-refractivity contribution in [2.75, 3.05) is 24.6 Å². The molecule has 3 aromatic rings. The van der Waals surface area contributed by atoms with E-state index in [1.165, 1.54) is 12.8 Å². The summed E-state index contributed by atoms with van der Waals surface area (Å²) in [6.07, 6.45) is 7.85. The molecular formula is C18H21N7O. The van der Waals surface area contributed by atoms with E-state index >= 15 is 0 Å². The zero-order chi connectivity index (χ0) is 17.3. The summed E-state index contributed by atoms with van der Waals surface area (Å²) in [6, 6.07) is 4.00. The Kier molecular flexibility index (Phi) is 3.88. The number of rotatable bonds is 5. The first-order valence-corrected chi connectivity index (χ1v) is 9.22. The second kappa shape index (κ2) is 6.51. The van der Waals surface area contributed by atoms with Crippen LogP contribution in [-0.4, -0.2) is 49.8 Å². The fourth-order valence-electron chi connectivity index (χ4n) is 3.51. The van der Waals surface area contributed by atoms with Crippen LogP contribution >= 0.6 is 0 Å². The van der Waals surface area contributed by atoms with Crippen LogP contribution < -0.4 is 9.64 Å². The van der Waals surface area contributed by atoms with E-state index in [-0.39, 0.29) is 0 Å². The van der Waals surface area contributed by atoms with Gasteiger partial charge in [0.05, 0.1) is 18.6 Å². The van der Waals surface area contributed by atoms with Crippen molar-refractivity contribution in [3.05, 3.63) is 30.5 Å². The highest BCUT2D eigenvalue weighted by Crippen LogP contribution is 2.38. The standard InChI is InChI=1S/C18H21N7O/c1-2-13(1)14-3-4-15(24-23-14)26-9-12-5-7-25(8-6-12)18-16-17(20-10-19-16)21-11-22-18/h3-4,10-13H,1-2,5-9H2,(H,19,20,21,22). The van der Waals surface area contributed by atoms with Gasteiger partial charge in [0.25, 0.3) is 0 Å². The molecule has 3 aromatic heterocycles. The van der Waals surface area contributed by atoms with E-state index in [4.69, 9.17) is 4.74 Å². The van der Waals surface area contributed by atoms with E-state index in [0.717, 1.165) is 43.0 Å². The number of nitrogens with one attached hydrogen (secondary N) is 1. The first-order valence-electron chi connectivity index (χ1n) is 9.22. The van der Waals surface area contributed by atoms with Gasteiger partial charge in [-0.25, -0.2) is 15.0 Å². The molecule has 0 atom stereocenters. The van der Waals surface area contributed by atoms with E-state index in [1.54, 1.807) is 12.7 Å². The summed E-state index contributed by atoms with van der Waals surface area (Å²) in [5.74, 6) is 2.72. The molecule has 1 N–H and O–H groups in total. The first kappa shape index (κ1) is 15.5. The molecule has 1 aliphatic carbocycles. The van der Waals surface area contributed by atoms with Gasteiger partial charge >= 0.3 is 0 Å². The second-order valence-corrected chi connectivity index (χ2v) is 7.11. The number of nitrogens with zero attached hydrogens (tertiary/aromatic N) is 6. The summed E-state index contributed by atoms with van der Waals surface area (Å²) in [7, 11) is 0. The Morgan fingerprint density at radius 2 is 1.92 bits per heavy atom. The largest absolute Gasteiger partial charge is 0.476 e. The van der Waals surface area contributed by atoms with E-state index in [2.05, 4.69) is 35.0 Å². The number of aromatic nitrogens is 6. The lowest BCUT2D eigenvalue weighted by atomic mass is 9.98. The van der Waals surface area contributed by atoms with E-state index in [0.29, 0.717) is 30.0 Å². The molecule has 8 nitrogen and oxygen atoms in total. The topological polar surface area (TPSA) is 92.7 Å². The fraction of sp³-hybridized carbons (Fsp3) is 0.500. The van der Waals surface area contributed by atoms with Crippen molar-refractivity contribution in [1.82, 2.24) is 30.1 Å². The summed E-state index contributed by atoms with van der Waals surface area (Å²) in [5.41, 5.74) is 2.72. The van der Waals surface area contributed by atoms with Gasteiger partial charge < -0.3 is 14.6 Å². The molecule has 1 aliphatic heterocycles. The summed E-state index contributed by atoms with van der Waals surface area (Å²) in [6.45, 7) is 2.59. The molecule has 0 unspecified atom stereocenters. The van der Waals surface area contributed by atoms with Crippen LogP contribution in [0.25, 0.3) is 11.2 Å². The molecule has 0 amide bonds. The maximum Gasteiger partial charge on any atom is 0.233 e. The third kappa shape index (κ3) is 3.07. The number of piperidine rings is 1. The van der Waals surface area contributed by atoms with Crippen LogP contribution in [0, 0.1) is 5.92 Å². The highest BCUT2D eigenvalue weighted by Gasteiger charge is 2.26. The van der Waals surface area contributed by atoms with Crippen molar-refractivity contribution in [1.29, 1.82) is 0 Å². The van der Waals surface area contributed by atoms with Gasteiger partial charge in [-0.2, -0.15) is 5.10 Å². The number of aromatic amines is 1. The summed E-state index contributed by atoms with van der Waals surface area (Å²) in [5, 5.41) is 8.48. The number of imidazole rings is 1. The van der Waals surface area contributed by atoms with Gasteiger partial charge in [-0.1, -0.05) is 0 Å². The van der Waals surface area contributed by atoms with Crippen LogP contribution in [0.2, 0.25) is 0 Å². The number of H-pyrrole nitrogens is 1. The second-order valence-electron chi connectivity index (χ2n) is 7.11.